The van der Waals surface area contributed by atoms with Crippen molar-refractivity contribution in [1.29, 1.82) is 0 Å². The van der Waals surface area contributed by atoms with Crippen molar-refractivity contribution in [2.24, 2.45) is 5.92 Å². The molecule has 110 valence electrons. The van der Waals surface area contributed by atoms with Crippen LogP contribution in [0.2, 0.25) is 5.02 Å². The summed E-state index contributed by atoms with van der Waals surface area (Å²) in [5, 5.41) is 6.53. The van der Waals surface area contributed by atoms with E-state index in [1.807, 2.05) is 6.92 Å². The zero-order valence-corrected chi connectivity index (χ0v) is 12.8. The van der Waals surface area contributed by atoms with Gasteiger partial charge in [-0.2, -0.15) is 0 Å². The van der Waals surface area contributed by atoms with Gasteiger partial charge in [0.05, 0.1) is 5.02 Å². The molecule has 0 aromatic carbocycles. The quantitative estimate of drug-likeness (QED) is 0.810. The van der Waals surface area contributed by atoms with Gasteiger partial charge in [-0.1, -0.05) is 31.4 Å². The number of anilines is 1. The molecule has 0 radical (unpaired) electrons. The first-order valence-electron chi connectivity index (χ1n) is 7.31. The minimum Gasteiger partial charge on any atom is -0.370 e. The van der Waals surface area contributed by atoms with Crippen LogP contribution < -0.4 is 10.6 Å². The Balaban J connectivity index is 1.99. The van der Waals surface area contributed by atoms with Crippen LogP contribution in [0, 0.1) is 5.92 Å². The van der Waals surface area contributed by atoms with E-state index in [4.69, 9.17) is 11.6 Å². The molecule has 1 aliphatic rings. The Kier molecular flexibility index (Phi) is 5.24. The molecule has 1 heterocycles. The fraction of sp³-hybridized carbons (Fsp3) is 0.600. The van der Waals surface area contributed by atoms with Gasteiger partial charge in [-0.25, -0.2) is 4.98 Å². The van der Waals surface area contributed by atoms with Gasteiger partial charge >= 0.3 is 0 Å². The maximum atomic E-state index is 12.2. The molecule has 4 nitrogen and oxygen atoms in total. The van der Waals surface area contributed by atoms with E-state index in [1.54, 1.807) is 12.1 Å². The Labute approximate surface area is 125 Å². The number of pyridine rings is 1. The standard InChI is InChI=1S/C15H22ClN3O/c1-3-8-17-13-7-6-12(16)14(19-13)15(20)18-10(2)9-11-4-5-11/h6-7,10-11H,3-5,8-9H2,1-2H3,(H,17,19)(H,18,20). The summed E-state index contributed by atoms with van der Waals surface area (Å²) in [5.41, 5.74) is 0.301. The van der Waals surface area contributed by atoms with E-state index in [9.17, 15) is 4.79 Å². The SMILES string of the molecule is CCCNc1ccc(Cl)c(C(=O)NC(C)CC2CC2)n1. The minimum absolute atomic E-state index is 0.167. The van der Waals surface area contributed by atoms with E-state index >= 15 is 0 Å². The Hall–Kier alpha value is -1.29. The summed E-state index contributed by atoms with van der Waals surface area (Å²) in [6.07, 6.45) is 4.62. The normalized spacial score (nSPS) is 15.8. The molecule has 5 heteroatoms. The first kappa shape index (κ1) is 15.1. The average Bonchev–Trinajstić information content (AvgIpc) is 3.21. The Morgan fingerprint density at radius 3 is 2.90 bits per heavy atom. The smallest absolute Gasteiger partial charge is 0.271 e. The molecular formula is C15H22ClN3O. The zero-order valence-electron chi connectivity index (χ0n) is 12.1. The molecule has 1 aromatic rings. The fourth-order valence-electron chi connectivity index (χ4n) is 2.16. The monoisotopic (exact) mass is 295 g/mol. The van der Waals surface area contributed by atoms with Gasteiger partial charge in [0.2, 0.25) is 0 Å². The summed E-state index contributed by atoms with van der Waals surface area (Å²) < 4.78 is 0. The van der Waals surface area contributed by atoms with E-state index in [0.717, 1.165) is 25.3 Å². The number of halogens is 1. The van der Waals surface area contributed by atoms with E-state index in [-0.39, 0.29) is 11.9 Å². The van der Waals surface area contributed by atoms with Crippen LogP contribution in [0.1, 0.15) is 50.0 Å². The highest BCUT2D eigenvalue weighted by molar-refractivity contribution is 6.33. The van der Waals surface area contributed by atoms with Gasteiger partial charge in [-0.15, -0.1) is 0 Å². The van der Waals surface area contributed by atoms with Crippen molar-refractivity contribution in [2.75, 3.05) is 11.9 Å². The number of hydrogen-bond acceptors (Lipinski definition) is 3. The predicted octanol–water partition coefficient (Wildman–Crippen LogP) is 3.48. The second-order valence-corrected chi connectivity index (χ2v) is 5.91. The number of carbonyl (C=O) groups is 1. The lowest BCUT2D eigenvalue weighted by atomic mass is 10.1. The van der Waals surface area contributed by atoms with Gasteiger partial charge in [0, 0.05) is 12.6 Å². The fourth-order valence-corrected chi connectivity index (χ4v) is 2.35. The summed E-state index contributed by atoms with van der Waals surface area (Å²) in [6.45, 7) is 4.94. The van der Waals surface area contributed by atoms with Gasteiger partial charge in [-0.3, -0.25) is 4.79 Å². The third kappa shape index (κ3) is 4.37. The third-order valence-corrected chi connectivity index (χ3v) is 3.68. The lowest BCUT2D eigenvalue weighted by molar-refractivity contribution is 0.0932. The highest BCUT2D eigenvalue weighted by Gasteiger charge is 2.25. The molecule has 1 atom stereocenters. The summed E-state index contributed by atoms with van der Waals surface area (Å²) in [5.74, 6) is 1.28. The number of nitrogens with one attached hydrogen (secondary N) is 2. The molecule has 0 saturated heterocycles. The molecule has 0 spiro atoms. The second kappa shape index (κ2) is 6.93. The van der Waals surface area contributed by atoms with Gasteiger partial charge in [0.15, 0.2) is 0 Å². The van der Waals surface area contributed by atoms with Crippen molar-refractivity contribution in [2.45, 2.75) is 45.6 Å². The largest absolute Gasteiger partial charge is 0.370 e. The Morgan fingerprint density at radius 1 is 1.50 bits per heavy atom. The van der Waals surface area contributed by atoms with Crippen LogP contribution in [0.3, 0.4) is 0 Å². The highest BCUT2D eigenvalue weighted by atomic mass is 35.5. The van der Waals surface area contributed by atoms with E-state index in [1.165, 1.54) is 12.8 Å². The molecule has 20 heavy (non-hydrogen) atoms. The number of hydrogen-bond donors (Lipinski definition) is 2. The van der Waals surface area contributed by atoms with Crippen LogP contribution in [0.5, 0.6) is 0 Å². The molecular weight excluding hydrogens is 274 g/mol. The van der Waals surface area contributed by atoms with Crippen LogP contribution in [0.4, 0.5) is 5.82 Å². The third-order valence-electron chi connectivity index (χ3n) is 3.38. The van der Waals surface area contributed by atoms with Crippen molar-refractivity contribution < 1.29 is 4.79 Å². The number of aromatic nitrogens is 1. The zero-order chi connectivity index (χ0) is 14.5. The van der Waals surface area contributed by atoms with Crippen molar-refractivity contribution in [3.05, 3.63) is 22.8 Å². The van der Waals surface area contributed by atoms with Crippen LogP contribution in [0.15, 0.2) is 12.1 Å². The van der Waals surface area contributed by atoms with Crippen molar-refractivity contribution >= 4 is 23.3 Å². The first-order valence-corrected chi connectivity index (χ1v) is 7.69. The van der Waals surface area contributed by atoms with Crippen molar-refractivity contribution in [3.8, 4) is 0 Å². The van der Waals surface area contributed by atoms with Crippen LogP contribution in [-0.2, 0) is 0 Å². The number of amides is 1. The van der Waals surface area contributed by atoms with Crippen LogP contribution >= 0.6 is 11.6 Å². The molecule has 2 rings (SSSR count). The predicted molar refractivity (Wildman–Crippen MR) is 82.3 cm³/mol. The van der Waals surface area contributed by atoms with Crippen molar-refractivity contribution in [1.82, 2.24) is 10.3 Å². The highest BCUT2D eigenvalue weighted by Crippen LogP contribution is 2.33. The van der Waals surface area contributed by atoms with E-state index < -0.39 is 0 Å². The Bertz CT molecular complexity index is 474. The lowest BCUT2D eigenvalue weighted by Crippen LogP contribution is -2.33. The maximum absolute atomic E-state index is 12.2. The summed E-state index contributed by atoms with van der Waals surface area (Å²) in [7, 11) is 0. The number of nitrogens with zero attached hydrogens (tertiary/aromatic N) is 1. The number of rotatable bonds is 7. The summed E-state index contributed by atoms with van der Waals surface area (Å²) >= 11 is 6.08. The van der Waals surface area contributed by atoms with E-state index in [0.29, 0.717) is 16.5 Å². The summed E-state index contributed by atoms with van der Waals surface area (Å²) in [6, 6.07) is 3.68. The molecule has 2 N–H and O–H groups in total. The van der Waals surface area contributed by atoms with Crippen LogP contribution in [-0.4, -0.2) is 23.5 Å². The van der Waals surface area contributed by atoms with Gasteiger partial charge in [0.1, 0.15) is 11.5 Å². The Morgan fingerprint density at radius 2 is 2.25 bits per heavy atom. The van der Waals surface area contributed by atoms with Crippen LogP contribution in [0.25, 0.3) is 0 Å². The lowest BCUT2D eigenvalue weighted by Gasteiger charge is -2.14. The molecule has 0 bridgehead atoms. The molecule has 1 fully saturated rings. The maximum Gasteiger partial charge on any atom is 0.271 e. The van der Waals surface area contributed by atoms with Crippen molar-refractivity contribution in [3.63, 3.8) is 0 Å². The molecule has 1 amide bonds. The molecule has 1 aliphatic carbocycles. The molecule has 1 saturated carbocycles. The van der Waals surface area contributed by atoms with Gasteiger partial charge in [-0.05, 0) is 37.8 Å². The number of carbonyl (C=O) groups excluding carboxylic acids is 1. The minimum atomic E-state index is -0.191. The summed E-state index contributed by atoms with van der Waals surface area (Å²) in [4.78, 5) is 16.5. The average molecular weight is 296 g/mol. The van der Waals surface area contributed by atoms with E-state index in [2.05, 4.69) is 22.5 Å². The molecule has 1 unspecified atom stereocenters. The van der Waals surface area contributed by atoms with Gasteiger partial charge in [0.25, 0.3) is 5.91 Å². The molecule has 1 aromatic heterocycles. The molecule has 0 aliphatic heterocycles. The van der Waals surface area contributed by atoms with Gasteiger partial charge < -0.3 is 10.6 Å². The topological polar surface area (TPSA) is 54.0 Å². The first-order chi connectivity index (χ1) is 9.60. The second-order valence-electron chi connectivity index (χ2n) is 5.51.